The highest BCUT2D eigenvalue weighted by Gasteiger charge is 2.47. The number of aliphatic hydroxyl groups is 3. The lowest BCUT2D eigenvalue weighted by atomic mass is 9.87. The first-order valence-electron chi connectivity index (χ1n) is 9.03. The van der Waals surface area contributed by atoms with E-state index in [9.17, 15) is 15.3 Å². The Bertz CT molecular complexity index is 604. The zero-order chi connectivity index (χ0) is 19.0. The van der Waals surface area contributed by atoms with E-state index in [1.165, 1.54) is 0 Å². The van der Waals surface area contributed by atoms with Crippen LogP contribution in [0, 0.1) is 0 Å². The van der Waals surface area contributed by atoms with Crippen molar-refractivity contribution in [2.45, 2.75) is 70.4 Å². The van der Waals surface area contributed by atoms with Gasteiger partial charge in [-0.2, -0.15) is 0 Å². The van der Waals surface area contributed by atoms with E-state index < -0.39 is 17.9 Å². The lowest BCUT2D eigenvalue weighted by Crippen LogP contribution is -2.67. The Labute approximate surface area is 151 Å². The van der Waals surface area contributed by atoms with E-state index in [1.807, 2.05) is 39.2 Å². The highest BCUT2D eigenvalue weighted by molar-refractivity contribution is 5.43. The third-order valence-corrected chi connectivity index (χ3v) is 6.23. The number of nitrogens with zero attached hydrogens (tertiary/aromatic N) is 1. The van der Waals surface area contributed by atoms with Crippen molar-refractivity contribution in [1.82, 2.24) is 0 Å². The van der Waals surface area contributed by atoms with Gasteiger partial charge in [0.25, 0.3) is 0 Å². The Morgan fingerprint density at radius 3 is 2.28 bits per heavy atom. The minimum atomic E-state index is -0.928. The molecule has 5 nitrogen and oxygen atoms in total. The van der Waals surface area contributed by atoms with Crippen LogP contribution >= 0.6 is 0 Å². The number of fused-ring (bicyclic) bond motifs is 1. The molecular formula is C20H34NO4+. The van der Waals surface area contributed by atoms with Gasteiger partial charge in [-0.05, 0) is 32.4 Å². The average molecular weight is 352 g/mol. The molecular weight excluding hydrogens is 318 g/mol. The molecule has 1 aliphatic rings. The van der Waals surface area contributed by atoms with Crippen LogP contribution in [-0.2, 0) is 12.8 Å². The Morgan fingerprint density at radius 1 is 1.08 bits per heavy atom. The van der Waals surface area contributed by atoms with Crippen LogP contribution in [0.4, 0.5) is 0 Å². The lowest BCUT2D eigenvalue weighted by molar-refractivity contribution is -1.00. The molecule has 0 fully saturated rings. The summed E-state index contributed by atoms with van der Waals surface area (Å²) in [6, 6.07) is 5.76. The van der Waals surface area contributed by atoms with E-state index in [0.717, 1.165) is 16.9 Å². The number of hydrogen-bond donors (Lipinski definition) is 3. The molecule has 3 N–H and O–H groups in total. The molecule has 0 saturated carbocycles. The fraction of sp³-hybridized carbons (Fsp3) is 0.700. The molecule has 25 heavy (non-hydrogen) atoms. The van der Waals surface area contributed by atoms with Crippen LogP contribution in [0.2, 0.25) is 0 Å². The van der Waals surface area contributed by atoms with Gasteiger partial charge in [-0.1, -0.05) is 12.1 Å². The first kappa shape index (κ1) is 20.2. The molecule has 0 spiro atoms. The smallest absolute Gasteiger partial charge is 0.200 e. The first-order chi connectivity index (χ1) is 11.4. The normalized spacial score (nSPS) is 23.7. The molecule has 3 unspecified atom stereocenters. The number of hydrogen-bond acceptors (Lipinski definition) is 4. The summed E-state index contributed by atoms with van der Waals surface area (Å²) in [7, 11) is 4.06. The van der Waals surface area contributed by atoms with Gasteiger partial charge < -0.3 is 20.1 Å². The van der Waals surface area contributed by atoms with Gasteiger partial charge in [0.15, 0.2) is 0 Å². The highest BCUT2D eigenvalue weighted by Crippen LogP contribution is 2.33. The first-order valence-corrected chi connectivity index (χ1v) is 9.03. The quantitative estimate of drug-likeness (QED) is 0.559. The van der Waals surface area contributed by atoms with Crippen LogP contribution in [0.3, 0.4) is 0 Å². The predicted octanol–water partition coefficient (Wildman–Crippen LogP) is 1.86. The van der Waals surface area contributed by atoms with E-state index in [1.54, 1.807) is 0 Å². The van der Waals surface area contributed by atoms with Gasteiger partial charge in [0.1, 0.15) is 5.75 Å². The fourth-order valence-corrected chi connectivity index (χ4v) is 3.23. The predicted molar refractivity (Wildman–Crippen MR) is 98.5 cm³/mol. The Kier molecular flexibility index (Phi) is 5.55. The second kappa shape index (κ2) is 6.88. The molecule has 1 aromatic carbocycles. The van der Waals surface area contributed by atoms with Gasteiger partial charge >= 0.3 is 0 Å². The summed E-state index contributed by atoms with van der Waals surface area (Å²) in [4.78, 5) is 0. The minimum Gasteiger partial charge on any atom is -0.493 e. The molecule has 0 aromatic heterocycles. The van der Waals surface area contributed by atoms with Crippen molar-refractivity contribution in [3.05, 3.63) is 29.3 Å². The van der Waals surface area contributed by atoms with Crippen LogP contribution in [0.25, 0.3) is 0 Å². The highest BCUT2D eigenvalue weighted by atomic mass is 16.5. The molecule has 0 radical (unpaired) electrons. The van der Waals surface area contributed by atoms with Gasteiger partial charge in [-0.3, -0.25) is 4.48 Å². The maximum atomic E-state index is 11.0. The second-order valence-electron chi connectivity index (χ2n) is 8.88. The van der Waals surface area contributed by atoms with Crippen molar-refractivity contribution in [3.8, 4) is 5.75 Å². The molecule has 0 amide bonds. The topological polar surface area (TPSA) is 69.9 Å². The zero-order valence-electron chi connectivity index (χ0n) is 16.4. The lowest BCUT2D eigenvalue weighted by Gasteiger charge is -2.51. The van der Waals surface area contributed by atoms with Gasteiger partial charge in [0, 0.05) is 25.3 Å². The number of benzene rings is 1. The molecule has 1 aromatic rings. The molecule has 5 heteroatoms. The van der Waals surface area contributed by atoms with Gasteiger partial charge in [0.05, 0.1) is 44.9 Å². The zero-order valence-corrected chi connectivity index (χ0v) is 16.4. The molecule has 2 rings (SSSR count). The number of rotatable bonds is 5. The minimum absolute atomic E-state index is 0.102. The maximum absolute atomic E-state index is 11.0. The van der Waals surface area contributed by atoms with Crippen LogP contribution in [0.5, 0.6) is 5.75 Å². The van der Waals surface area contributed by atoms with Crippen molar-refractivity contribution in [3.63, 3.8) is 0 Å². The van der Waals surface area contributed by atoms with Crippen molar-refractivity contribution in [1.29, 1.82) is 0 Å². The van der Waals surface area contributed by atoms with E-state index in [2.05, 4.69) is 20.8 Å². The van der Waals surface area contributed by atoms with E-state index in [0.29, 0.717) is 30.4 Å². The standard InChI is InChI=1S/C20H34NO4/c1-19(2,3)21(5,6)20(4,24)10-11-25-18-9-7-8-14-12-16(22)17(23)13-15(14)18/h7-9,16-17,22-24H,10-13H2,1-6H3/q+1. The molecule has 142 valence electrons. The summed E-state index contributed by atoms with van der Waals surface area (Å²) in [6.45, 7) is 8.58. The van der Waals surface area contributed by atoms with Gasteiger partial charge in [-0.25, -0.2) is 0 Å². The summed E-state index contributed by atoms with van der Waals surface area (Å²) in [5, 5.41) is 30.8. The largest absolute Gasteiger partial charge is 0.493 e. The molecule has 1 aliphatic carbocycles. The number of ether oxygens (including phenoxy) is 1. The summed E-state index contributed by atoms with van der Waals surface area (Å²) in [5.41, 5.74) is 0.954. The van der Waals surface area contributed by atoms with Gasteiger partial charge in [-0.15, -0.1) is 0 Å². The van der Waals surface area contributed by atoms with Crippen molar-refractivity contribution < 1.29 is 24.5 Å². The van der Waals surface area contributed by atoms with E-state index in [-0.39, 0.29) is 5.54 Å². The Balaban J connectivity index is 2.07. The fourth-order valence-electron chi connectivity index (χ4n) is 3.23. The third-order valence-electron chi connectivity index (χ3n) is 6.23. The molecule has 0 bridgehead atoms. The third kappa shape index (κ3) is 4.00. The maximum Gasteiger partial charge on any atom is 0.200 e. The molecule has 0 heterocycles. The SMILES string of the molecule is CC(C)(C)[N+](C)(C)C(C)(O)CCOc1cccc2c1CC(O)C(O)C2. The number of aliphatic hydroxyl groups excluding tert-OH is 2. The van der Waals surface area contributed by atoms with Crippen LogP contribution in [0.15, 0.2) is 18.2 Å². The van der Waals surface area contributed by atoms with E-state index in [4.69, 9.17) is 4.74 Å². The van der Waals surface area contributed by atoms with Crippen LogP contribution in [0.1, 0.15) is 45.2 Å². The van der Waals surface area contributed by atoms with Crippen molar-refractivity contribution in [2.75, 3.05) is 20.7 Å². The second-order valence-corrected chi connectivity index (χ2v) is 8.88. The monoisotopic (exact) mass is 352 g/mol. The summed E-state index contributed by atoms with van der Waals surface area (Å²) in [5.74, 6) is 0.736. The molecule has 0 saturated heterocycles. The van der Waals surface area contributed by atoms with Crippen LogP contribution < -0.4 is 4.74 Å². The Morgan fingerprint density at radius 2 is 1.68 bits per heavy atom. The molecule has 0 aliphatic heterocycles. The van der Waals surface area contributed by atoms with E-state index >= 15 is 0 Å². The summed E-state index contributed by atoms with van der Waals surface area (Å²) < 4.78 is 6.43. The average Bonchev–Trinajstić information content (AvgIpc) is 2.47. The summed E-state index contributed by atoms with van der Waals surface area (Å²) in [6.07, 6.45) is -0.136. The van der Waals surface area contributed by atoms with Crippen molar-refractivity contribution in [2.24, 2.45) is 0 Å². The van der Waals surface area contributed by atoms with Crippen LogP contribution in [-0.4, -0.2) is 64.0 Å². The van der Waals surface area contributed by atoms with Gasteiger partial charge in [0.2, 0.25) is 5.72 Å². The van der Waals surface area contributed by atoms with Crippen molar-refractivity contribution >= 4 is 0 Å². The molecule has 3 atom stereocenters. The number of quaternary nitrogens is 1. The Hall–Kier alpha value is -1.14. The summed E-state index contributed by atoms with van der Waals surface area (Å²) >= 11 is 0.